The number of nitrogens with zero attached hydrogens (tertiary/aromatic N) is 1. The second-order valence-electron chi connectivity index (χ2n) is 3.70. The maximum Gasteiger partial charge on any atom is 0.270 e. The van der Waals surface area contributed by atoms with Crippen molar-refractivity contribution in [1.82, 2.24) is 5.32 Å². The molecule has 1 unspecified atom stereocenters. The number of benzene rings is 1. The van der Waals surface area contributed by atoms with Crippen LogP contribution in [0.3, 0.4) is 0 Å². The smallest absolute Gasteiger partial charge is 0.270 e. The van der Waals surface area contributed by atoms with Crippen LogP contribution in [0.15, 0.2) is 18.2 Å². The highest BCUT2D eigenvalue weighted by atomic mass is 127. The van der Waals surface area contributed by atoms with Gasteiger partial charge >= 0.3 is 0 Å². The average Bonchev–Trinajstić information content (AvgIpc) is 2.29. The highest BCUT2D eigenvalue weighted by Gasteiger charge is 2.16. The highest BCUT2D eigenvalue weighted by molar-refractivity contribution is 14.1. The lowest BCUT2D eigenvalue weighted by Gasteiger charge is -2.11. The Hall–Kier alpha value is -1.62. The lowest BCUT2D eigenvalue weighted by molar-refractivity contribution is -0.384. The van der Waals surface area contributed by atoms with Crippen LogP contribution in [0.25, 0.3) is 0 Å². The van der Waals surface area contributed by atoms with Gasteiger partial charge in [-0.2, -0.15) is 0 Å². The van der Waals surface area contributed by atoms with E-state index in [2.05, 4.69) is 11.2 Å². The van der Waals surface area contributed by atoms with Crippen molar-refractivity contribution in [2.24, 2.45) is 0 Å². The lowest BCUT2D eigenvalue weighted by Crippen LogP contribution is -2.32. The van der Waals surface area contributed by atoms with Gasteiger partial charge in [0.25, 0.3) is 11.6 Å². The Kier molecular flexibility index (Phi) is 5.09. The monoisotopic (exact) mass is 358 g/mol. The van der Waals surface area contributed by atoms with Crippen LogP contribution in [0.1, 0.15) is 23.7 Å². The Morgan fingerprint density at radius 1 is 1.67 bits per heavy atom. The molecule has 0 aromatic heterocycles. The lowest BCUT2D eigenvalue weighted by atomic mass is 10.1. The summed E-state index contributed by atoms with van der Waals surface area (Å²) in [5.74, 6) is 2.09. The Morgan fingerprint density at radius 3 is 2.89 bits per heavy atom. The maximum atomic E-state index is 11.9. The van der Waals surface area contributed by atoms with Crippen molar-refractivity contribution in [3.63, 3.8) is 0 Å². The SMILES string of the molecule is C#CCC(C)NC(=O)c1cc([N+](=O)[O-])ccc1I. The summed E-state index contributed by atoms with van der Waals surface area (Å²) in [6.07, 6.45) is 5.56. The number of amides is 1. The van der Waals surface area contributed by atoms with E-state index in [1.807, 2.05) is 22.6 Å². The predicted molar refractivity (Wildman–Crippen MR) is 76.2 cm³/mol. The Balaban J connectivity index is 2.95. The van der Waals surface area contributed by atoms with Gasteiger partial charge in [-0.1, -0.05) is 0 Å². The standard InChI is InChI=1S/C12H11IN2O3/c1-3-4-8(2)14-12(16)10-7-9(15(17)18)5-6-11(10)13/h1,5-8H,4H2,2H3,(H,14,16). The van der Waals surface area contributed by atoms with Gasteiger partial charge in [0.1, 0.15) is 0 Å². The normalized spacial score (nSPS) is 11.4. The Bertz CT molecular complexity index is 523. The van der Waals surface area contributed by atoms with Crippen molar-refractivity contribution in [1.29, 1.82) is 0 Å². The first-order valence-corrected chi connectivity index (χ1v) is 6.22. The first-order chi connectivity index (χ1) is 8.45. The number of terminal acetylenes is 1. The summed E-state index contributed by atoms with van der Waals surface area (Å²) in [7, 11) is 0. The third-order valence-corrected chi connectivity index (χ3v) is 3.15. The molecule has 1 amide bonds. The van der Waals surface area contributed by atoms with Crippen molar-refractivity contribution in [2.75, 3.05) is 0 Å². The molecule has 0 fully saturated rings. The van der Waals surface area contributed by atoms with E-state index in [0.29, 0.717) is 9.99 Å². The van der Waals surface area contributed by atoms with Crippen LogP contribution in [-0.4, -0.2) is 16.9 Å². The van der Waals surface area contributed by atoms with E-state index in [1.54, 1.807) is 13.0 Å². The largest absolute Gasteiger partial charge is 0.349 e. The minimum absolute atomic E-state index is 0.106. The molecule has 0 bridgehead atoms. The van der Waals surface area contributed by atoms with Gasteiger partial charge in [0.15, 0.2) is 0 Å². The number of hydrogen-bond donors (Lipinski definition) is 1. The summed E-state index contributed by atoms with van der Waals surface area (Å²) in [6, 6.07) is 4.00. The minimum Gasteiger partial charge on any atom is -0.349 e. The molecule has 5 nitrogen and oxygen atoms in total. The summed E-state index contributed by atoms with van der Waals surface area (Å²) < 4.78 is 0.656. The summed E-state index contributed by atoms with van der Waals surface area (Å²) in [4.78, 5) is 22.0. The molecule has 1 atom stereocenters. The molecule has 0 aliphatic rings. The summed E-state index contributed by atoms with van der Waals surface area (Å²) in [6.45, 7) is 1.78. The Labute approximate surface area is 118 Å². The average molecular weight is 358 g/mol. The number of nitro benzene ring substituents is 1. The van der Waals surface area contributed by atoms with Gasteiger partial charge in [0, 0.05) is 28.2 Å². The quantitative estimate of drug-likeness (QED) is 0.389. The van der Waals surface area contributed by atoms with Crippen LogP contribution >= 0.6 is 22.6 Å². The molecule has 94 valence electrons. The molecule has 1 N–H and O–H groups in total. The fourth-order valence-corrected chi connectivity index (χ4v) is 1.91. The second kappa shape index (κ2) is 6.35. The fourth-order valence-electron chi connectivity index (χ4n) is 1.33. The number of nitro groups is 1. The minimum atomic E-state index is -0.530. The molecule has 0 aliphatic carbocycles. The molecule has 18 heavy (non-hydrogen) atoms. The van der Waals surface area contributed by atoms with E-state index in [9.17, 15) is 14.9 Å². The maximum absolute atomic E-state index is 11.9. The molecule has 1 rings (SSSR count). The molecule has 0 aliphatic heterocycles. The number of hydrogen-bond acceptors (Lipinski definition) is 3. The second-order valence-corrected chi connectivity index (χ2v) is 4.87. The zero-order valence-corrected chi connectivity index (χ0v) is 11.8. The van der Waals surface area contributed by atoms with Crippen LogP contribution in [-0.2, 0) is 0 Å². The van der Waals surface area contributed by atoms with Crippen LogP contribution in [0, 0.1) is 26.0 Å². The van der Waals surface area contributed by atoms with Gasteiger partial charge in [-0.3, -0.25) is 14.9 Å². The fraction of sp³-hybridized carbons (Fsp3) is 0.250. The highest BCUT2D eigenvalue weighted by Crippen LogP contribution is 2.19. The van der Waals surface area contributed by atoms with Gasteiger partial charge < -0.3 is 5.32 Å². The van der Waals surface area contributed by atoms with Gasteiger partial charge in [-0.15, -0.1) is 12.3 Å². The van der Waals surface area contributed by atoms with Crippen LogP contribution in [0.5, 0.6) is 0 Å². The third-order valence-electron chi connectivity index (χ3n) is 2.21. The van der Waals surface area contributed by atoms with E-state index in [-0.39, 0.29) is 23.2 Å². The predicted octanol–water partition coefficient (Wildman–Crippen LogP) is 2.34. The summed E-state index contributed by atoms with van der Waals surface area (Å²) in [5, 5.41) is 13.4. The van der Waals surface area contributed by atoms with Crippen LogP contribution in [0.2, 0.25) is 0 Å². The van der Waals surface area contributed by atoms with Crippen LogP contribution < -0.4 is 5.32 Å². The summed E-state index contributed by atoms with van der Waals surface area (Å²) in [5.41, 5.74) is 0.179. The third kappa shape index (κ3) is 3.70. The number of non-ortho nitro benzene ring substituents is 1. The molecular formula is C12H11IN2O3. The number of nitrogens with one attached hydrogen (secondary N) is 1. The molecular weight excluding hydrogens is 347 g/mol. The van der Waals surface area contributed by atoms with Crippen molar-refractivity contribution in [3.05, 3.63) is 37.4 Å². The number of carbonyl (C=O) groups is 1. The number of halogens is 1. The van der Waals surface area contributed by atoms with E-state index >= 15 is 0 Å². The number of carbonyl (C=O) groups excluding carboxylic acids is 1. The van der Waals surface area contributed by atoms with Crippen molar-refractivity contribution in [3.8, 4) is 12.3 Å². The van der Waals surface area contributed by atoms with Crippen LogP contribution in [0.4, 0.5) is 5.69 Å². The topological polar surface area (TPSA) is 72.2 Å². The molecule has 6 heteroatoms. The zero-order chi connectivity index (χ0) is 13.7. The van der Waals surface area contributed by atoms with Gasteiger partial charge in [-0.05, 0) is 35.6 Å². The Morgan fingerprint density at radius 2 is 2.33 bits per heavy atom. The van der Waals surface area contributed by atoms with Crippen molar-refractivity contribution < 1.29 is 9.72 Å². The van der Waals surface area contributed by atoms with E-state index in [4.69, 9.17) is 6.42 Å². The zero-order valence-electron chi connectivity index (χ0n) is 9.64. The summed E-state index contributed by atoms with van der Waals surface area (Å²) >= 11 is 1.96. The molecule has 0 saturated heterocycles. The van der Waals surface area contributed by atoms with Gasteiger partial charge in [0.05, 0.1) is 10.5 Å². The van der Waals surface area contributed by atoms with Crippen molar-refractivity contribution >= 4 is 34.2 Å². The molecule has 0 spiro atoms. The van der Waals surface area contributed by atoms with Gasteiger partial charge in [-0.25, -0.2) is 0 Å². The molecule has 1 aromatic rings. The first kappa shape index (κ1) is 14.4. The molecule has 0 saturated carbocycles. The molecule has 0 heterocycles. The van der Waals surface area contributed by atoms with Gasteiger partial charge in [0.2, 0.25) is 0 Å². The van der Waals surface area contributed by atoms with Crippen molar-refractivity contribution in [2.45, 2.75) is 19.4 Å². The number of rotatable bonds is 4. The van der Waals surface area contributed by atoms with E-state index in [0.717, 1.165) is 0 Å². The molecule has 0 radical (unpaired) electrons. The first-order valence-electron chi connectivity index (χ1n) is 5.14. The van der Waals surface area contributed by atoms with E-state index < -0.39 is 4.92 Å². The molecule has 1 aromatic carbocycles. The van der Waals surface area contributed by atoms with E-state index in [1.165, 1.54) is 12.1 Å².